The molecule has 9 heteroatoms. The van der Waals surface area contributed by atoms with Crippen molar-refractivity contribution >= 4 is 46.2 Å². The Labute approximate surface area is 208 Å². The van der Waals surface area contributed by atoms with Gasteiger partial charge < -0.3 is 20.5 Å². The Balaban J connectivity index is 1.44. The van der Waals surface area contributed by atoms with Crippen LogP contribution in [0.2, 0.25) is 0 Å². The molecule has 0 aromatic heterocycles. The molecule has 174 valence electrons. The van der Waals surface area contributed by atoms with Crippen molar-refractivity contribution in [1.82, 2.24) is 5.32 Å². The largest absolute Gasteiger partial charge is 0.481 e. The number of alkyl carbamates (subject to hydrolysis) is 1. The molecule has 3 N–H and O–H groups in total. The quantitative estimate of drug-likeness (QED) is 0.354. The highest BCUT2D eigenvalue weighted by Crippen LogP contribution is 2.44. The number of anilines is 1. The summed E-state index contributed by atoms with van der Waals surface area (Å²) >= 11 is 1.73. The van der Waals surface area contributed by atoms with E-state index in [1.165, 1.54) is 18.2 Å². The van der Waals surface area contributed by atoms with E-state index in [0.717, 1.165) is 22.3 Å². The standard InChI is InChI=1S/C25H20FIN2O5/c26-19-10-5-11-20(23(19)27)28-24(32)21(12-22(30)31)29-25(33)34-13-18-16-8-3-1-6-14(16)15-7-2-4-9-17(15)18/h1-11,18,21H,12-13H2,(H,28,32)(H,29,33)(H,30,31). The van der Waals surface area contributed by atoms with Crippen LogP contribution >= 0.6 is 22.6 Å². The normalized spacial score (nSPS) is 12.9. The van der Waals surface area contributed by atoms with Crippen molar-refractivity contribution in [2.45, 2.75) is 18.4 Å². The summed E-state index contributed by atoms with van der Waals surface area (Å²) in [7, 11) is 0. The van der Waals surface area contributed by atoms with Crippen LogP contribution in [-0.2, 0) is 14.3 Å². The lowest BCUT2D eigenvalue weighted by Crippen LogP contribution is -2.45. The lowest BCUT2D eigenvalue weighted by molar-refractivity contribution is -0.139. The van der Waals surface area contributed by atoms with E-state index >= 15 is 0 Å². The van der Waals surface area contributed by atoms with Crippen LogP contribution < -0.4 is 10.6 Å². The maximum atomic E-state index is 13.8. The lowest BCUT2D eigenvalue weighted by Gasteiger charge is -2.19. The Bertz CT molecular complexity index is 1220. The first-order chi connectivity index (χ1) is 16.3. The molecule has 1 aliphatic rings. The monoisotopic (exact) mass is 574 g/mol. The van der Waals surface area contributed by atoms with Crippen LogP contribution in [0.1, 0.15) is 23.5 Å². The number of carboxylic acid groups (broad SMARTS) is 1. The van der Waals surface area contributed by atoms with Crippen molar-refractivity contribution in [3.8, 4) is 11.1 Å². The van der Waals surface area contributed by atoms with Gasteiger partial charge in [0.25, 0.3) is 0 Å². The van der Waals surface area contributed by atoms with Gasteiger partial charge in [-0.05, 0) is 57.0 Å². The molecule has 1 aliphatic carbocycles. The van der Waals surface area contributed by atoms with Gasteiger partial charge in [-0.2, -0.15) is 0 Å². The molecule has 4 rings (SSSR count). The summed E-state index contributed by atoms with van der Waals surface area (Å²) in [5.74, 6) is -2.79. The number of aliphatic carboxylic acids is 1. The van der Waals surface area contributed by atoms with Gasteiger partial charge in [-0.3, -0.25) is 9.59 Å². The van der Waals surface area contributed by atoms with Crippen molar-refractivity contribution in [2.24, 2.45) is 0 Å². The summed E-state index contributed by atoms with van der Waals surface area (Å²) in [6.07, 6.45) is -1.58. The Morgan fingerprint density at radius 3 is 2.21 bits per heavy atom. The zero-order valence-corrected chi connectivity index (χ0v) is 19.9. The Kier molecular flexibility index (Phi) is 7.11. The minimum absolute atomic E-state index is 0.0169. The zero-order chi connectivity index (χ0) is 24.2. The van der Waals surface area contributed by atoms with E-state index in [-0.39, 0.29) is 21.8 Å². The van der Waals surface area contributed by atoms with Crippen LogP contribution in [-0.4, -0.2) is 35.7 Å². The van der Waals surface area contributed by atoms with Gasteiger partial charge in [-0.25, -0.2) is 9.18 Å². The van der Waals surface area contributed by atoms with Crippen molar-refractivity contribution < 1.29 is 28.6 Å². The Hall–Kier alpha value is -3.47. The van der Waals surface area contributed by atoms with Crippen molar-refractivity contribution in [2.75, 3.05) is 11.9 Å². The van der Waals surface area contributed by atoms with Crippen LogP contribution in [0.3, 0.4) is 0 Å². The number of amides is 2. The molecule has 0 spiro atoms. The van der Waals surface area contributed by atoms with Crippen LogP contribution in [0, 0.1) is 9.39 Å². The van der Waals surface area contributed by atoms with E-state index < -0.39 is 36.2 Å². The first kappa shape index (κ1) is 23.7. The molecule has 1 unspecified atom stereocenters. The van der Waals surface area contributed by atoms with Gasteiger partial charge in [0, 0.05) is 5.92 Å². The van der Waals surface area contributed by atoms with Crippen LogP contribution in [0.25, 0.3) is 11.1 Å². The third kappa shape index (κ3) is 5.04. The maximum absolute atomic E-state index is 13.8. The van der Waals surface area contributed by atoms with Crippen LogP contribution in [0.4, 0.5) is 14.9 Å². The average molecular weight is 574 g/mol. The summed E-state index contributed by atoms with van der Waals surface area (Å²) in [4.78, 5) is 36.5. The topological polar surface area (TPSA) is 105 Å². The molecule has 0 saturated heterocycles. The highest BCUT2D eigenvalue weighted by Gasteiger charge is 2.30. The predicted molar refractivity (Wildman–Crippen MR) is 132 cm³/mol. The fourth-order valence-electron chi connectivity index (χ4n) is 3.99. The fourth-order valence-corrected chi connectivity index (χ4v) is 4.48. The molecule has 3 aromatic rings. The maximum Gasteiger partial charge on any atom is 0.407 e. The summed E-state index contributed by atoms with van der Waals surface area (Å²) in [6, 6.07) is 18.4. The number of fused-ring (bicyclic) bond motifs is 3. The molecule has 0 heterocycles. The van der Waals surface area contributed by atoms with Gasteiger partial charge in [0.2, 0.25) is 5.91 Å². The second-order valence-corrected chi connectivity index (χ2v) is 8.79. The first-order valence-electron chi connectivity index (χ1n) is 10.4. The number of benzene rings is 3. The second-order valence-electron chi connectivity index (χ2n) is 7.71. The van der Waals surface area contributed by atoms with E-state index in [1.54, 1.807) is 22.6 Å². The van der Waals surface area contributed by atoms with E-state index in [1.807, 2.05) is 48.5 Å². The summed E-state index contributed by atoms with van der Waals surface area (Å²) in [5.41, 5.74) is 4.37. The highest BCUT2D eigenvalue weighted by atomic mass is 127. The van der Waals surface area contributed by atoms with E-state index in [2.05, 4.69) is 10.6 Å². The van der Waals surface area contributed by atoms with Gasteiger partial charge in [-0.1, -0.05) is 54.6 Å². The first-order valence-corrected chi connectivity index (χ1v) is 11.5. The van der Waals surface area contributed by atoms with E-state index in [4.69, 9.17) is 4.74 Å². The number of carboxylic acids is 1. The van der Waals surface area contributed by atoms with Gasteiger partial charge in [0.15, 0.2) is 0 Å². The van der Waals surface area contributed by atoms with Crippen molar-refractivity contribution in [1.29, 1.82) is 0 Å². The van der Waals surface area contributed by atoms with Crippen molar-refractivity contribution in [3.05, 3.63) is 87.2 Å². The third-order valence-corrected chi connectivity index (χ3v) is 6.64. The molecule has 0 radical (unpaired) electrons. The Morgan fingerprint density at radius 1 is 0.971 bits per heavy atom. The second kappa shape index (κ2) is 10.2. The number of carbonyl (C=O) groups excluding carboxylic acids is 2. The van der Waals surface area contributed by atoms with Gasteiger partial charge in [-0.15, -0.1) is 0 Å². The number of nitrogens with one attached hydrogen (secondary N) is 2. The molecular weight excluding hydrogens is 554 g/mol. The van der Waals surface area contributed by atoms with Gasteiger partial charge in [0.05, 0.1) is 15.7 Å². The highest BCUT2D eigenvalue weighted by molar-refractivity contribution is 14.1. The molecule has 2 amide bonds. The van der Waals surface area contributed by atoms with Crippen molar-refractivity contribution in [3.63, 3.8) is 0 Å². The summed E-state index contributed by atoms with van der Waals surface area (Å²) in [5, 5.41) is 14.0. The number of carbonyl (C=O) groups is 3. The number of rotatable bonds is 7. The molecule has 0 fully saturated rings. The average Bonchev–Trinajstić information content (AvgIpc) is 3.14. The minimum Gasteiger partial charge on any atom is -0.481 e. The molecule has 0 saturated carbocycles. The number of ether oxygens (including phenoxy) is 1. The van der Waals surface area contributed by atoms with Crippen LogP contribution in [0.15, 0.2) is 66.7 Å². The van der Waals surface area contributed by atoms with Gasteiger partial charge >= 0.3 is 12.1 Å². The Morgan fingerprint density at radius 2 is 1.59 bits per heavy atom. The zero-order valence-electron chi connectivity index (χ0n) is 17.8. The number of halogens is 2. The molecular formula is C25H20FIN2O5. The van der Waals surface area contributed by atoms with Gasteiger partial charge in [0.1, 0.15) is 18.5 Å². The minimum atomic E-state index is -1.41. The summed E-state index contributed by atoms with van der Waals surface area (Å²) < 4.78 is 19.3. The van der Waals surface area contributed by atoms with Crippen LogP contribution in [0.5, 0.6) is 0 Å². The number of hydrogen-bond donors (Lipinski definition) is 3. The molecule has 3 aromatic carbocycles. The molecule has 34 heavy (non-hydrogen) atoms. The smallest absolute Gasteiger partial charge is 0.407 e. The molecule has 0 aliphatic heterocycles. The molecule has 1 atom stereocenters. The van der Waals surface area contributed by atoms with E-state index in [9.17, 15) is 23.9 Å². The number of hydrogen-bond acceptors (Lipinski definition) is 4. The van der Waals surface area contributed by atoms with E-state index in [0.29, 0.717) is 0 Å². The predicted octanol–water partition coefficient (Wildman–Crippen LogP) is 4.75. The molecule has 7 nitrogen and oxygen atoms in total. The lowest BCUT2D eigenvalue weighted by atomic mass is 9.98. The SMILES string of the molecule is O=C(O)CC(NC(=O)OCC1c2ccccc2-c2ccccc21)C(=O)Nc1cccc(F)c1I. The fraction of sp³-hybridized carbons (Fsp3) is 0.160. The molecule has 0 bridgehead atoms. The third-order valence-electron chi connectivity index (χ3n) is 5.54. The summed E-state index contributed by atoms with van der Waals surface area (Å²) in [6.45, 7) is 0.0169.